The summed E-state index contributed by atoms with van der Waals surface area (Å²) in [4.78, 5) is 10.9. The highest BCUT2D eigenvalue weighted by Gasteiger charge is 2.27. The zero-order valence-corrected chi connectivity index (χ0v) is 11.1. The van der Waals surface area contributed by atoms with Crippen LogP contribution < -0.4 is 5.32 Å². The molecule has 2 aliphatic rings. The average molecular weight is 255 g/mol. The van der Waals surface area contributed by atoms with Crippen LogP contribution in [0.25, 0.3) is 0 Å². The summed E-state index contributed by atoms with van der Waals surface area (Å²) in [5.41, 5.74) is 0. The fraction of sp³-hybridized carbons (Fsp3) is 0.929. The van der Waals surface area contributed by atoms with Crippen molar-refractivity contribution in [1.29, 1.82) is 0 Å². The molecule has 1 aliphatic heterocycles. The van der Waals surface area contributed by atoms with Gasteiger partial charge in [-0.15, -0.1) is 0 Å². The lowest BCUT2D eigenvalue weighted by atomic mass is 9.87. The molecule has 2 fully saturated rings. The number of aliphatic carboxylic acids is 1. The quantitative estimate of drug-likeness (QED) is 0.789. The lowest BCUT2D eigenvalue weighted by Crippen LogP contribution is -2.43. The van der Waals surface area contributed by atoms with Crippen molar-refractivity contribution in [3.8, 4) is 0 Å². The third-order valence-corrected chi connectivity index (χ3v) is 4.26. The predicted molar refractivity (Wildman–Crippen MR) is 69.5 cm³/mol. The molecule has 2 atom stereocenters. The standard InChI is InChI=1S/C14H25NO3/c16-14(17)12-8-13(10-15-9-12)18-7-6-11-4-2-1-3-5-11/h11-13,15H,1-10H2,(H,16,17). The number of hydrogen-bond donors (Lipinski definition) is 2. The Labute approximate surface area is 109 Å². The van der Waals surface area contributed by atoms with Gasteiger partial charge in [-0.1, -0.05) is 32.1 Å². The van der Waals surface area contributed by atoms with Crippen molar-refractivity contribution in [3.05, 3.63) is 0 Å². The molecule has 0 amide bonds. The highest BCUT2D eigenvalue weighted by atomic mass is 16.5. The molecule has 0 aromatic carbocycles. The van der Waals surface area contributed by atoms with Gasteiger partial charge in [0.15, 0.2) is 0 Å². The molecule has 2 N–H and O–H groups in total. The molecule has 0 bridgehead atoms. The van der Waals surface area contributed by atoms with Crippen LogP contribution >= 0.6 is 0 Å². The van der Waals surface area contributed by atoms with Crippen molar-refractivity contribution in [2.75, 3.05) is 19.7 Å². The molecular weight excluding hydrogens is 230 g/mol. The van der Waals surface area contributed by atoms with Crippen molar-refractivity contribution < 1.29 is 14.6 Å². The Morgan fingerprint density at radius 2 is 2.00 bits per heavy atom. The van der Waals surface area contributed by atoms with Crippen LogP contribution in [0.5, 0.6) is 0 Å². The summed E-state index contributed by atoms with van der Waals surface area (Å²) in [6.07, 6.45) is 8.73. The van der Waals surface area contributed by atoms with Gasteiger partial charge in [0.05, 0.1) is 12.0 Å². The molecule has 104 valence electrons. The molecule has 1 aliphatic carbocycles. The number of carbonyl (C=O) groups is 1. The van der Waals surface area contributed by atoms with Crippen molar-refractivity contribution in [3.63, 3.8) is 0 Å². The lowest BCUT2D eigenvalue weighted by Gasteiger charge is -2.28. The minimum atomic E-state index is -0.705. The van der Waals surface area contributed by atoms with Gasteiger partial charge in [0.25, 0.3) is 0 Å². The van der Waals surface area contributed by atoms with Gasteiger partial charge in [0.1, 0.15) is 0 Å². The van der Waals surface area contributed by atoms with E-state index in [1.807, 2.05) is 0 Å². The average Bonchev–Trinajstić information content (AvgIpc) is 2.40. The van der Waals surface area contributed by atoms with Crippen LogP contribution in [0, 0.1) is 11.8 Å². The summed E-state index contributed by atoms with van der Waals surface area (Å²) in [7, 11) is 0. The smallest absolute Gasteiger partial charge is 0.307 e. The Balaban J connectivity index is 1.62. The fourth-order valence-electron chi connectivity index (χ4n) is 3.09. The Bertz CT molecular complexity index is 264. The van der Waals surface area contributed by atoms with Crippen LogP contribution in [0.3, 0.4) is 0 Å². The molecule has 2 unspecified atom stereocenters. The second-order valence-corrected chi connectivity index (χ2v) is 5.71. The first-order valence-corrected chi connectivity index (χ1v) is 7.31. The Kier molecular flexibility index (Phi) is 5.45. The molecular formula is C14H25NO3. The molecule has 0 spiro atoms. The summed E-state index contributed by atoms with van der Waals surface area (Å²) in [6, 6.07) is 0. The number of carboxylic acid groups (broad SMARTS) is 1. The largest absolute Gasteiger partial charge is 0.481 e. The minimum absolute atomic E-state index is 0.0865. The topological polar surface area (TPSA) is 58.6 Å². The molecule has 0 radical (unpaired) electrons. The summed E-state index contributed by atoms with van der Waals surface area (Å²) < 4.78 is 5.84. The Morgan fingerprint density at radius 3 is 2.72 bits per heavy atom. The van der Waals surface area contributed by atoms with Gasteiger partial charge in [-0.05, 0) is 18.8 Å². The number of rotatable bonds is 5. The van der Waals surface area contributed by atoms with E-state index < -0.39 is 5.97 Å². The third kappa shape index (κ3) is 4.25. The second kappa shape index (κ2) is 7.10. The number of nitrogens with one attached hydrogen (secondary N) is 1. The molecule has 0 aromatic heterocycles. The van der Waals surface area contributed by atoms with Gasteiger partial charge in [0.2, 0.25) is 0 Å². The Morgan fingerprint density at radius 1 is 1.22 bits per heavy atom. The zero-order valence-electron chi connectivity index (χ0n) is 11.1. The summed E-state index contributed by atoms with van der Waals surface area (Å²) in [5.74, 6) is -0.146. The van der Waals surface area contributed by atoms with Gasteiger partial charge in [-0.25, -0.2) is 0 Å². The maximum Gasteiger partial charge on any atom is 0.307 e. The SMILES string of the molecule is O=C(O)C1CNCC(OCCC2CCCCC2)C1. The normalized spacial score (nSPS) is 30.2. The summed E-state index contributed by atoms with van der Waals surface area (Å²) >= 11 is 0. The molecule has 1 heterocycles. The van der Waals surface area contributed by atoms with Gasteiger partial charge < -0.3 is 15.2 Å². The van der Waals surface area contributed by atoms with Gasteiger partial charge in [0, 0.05) is 19.7 Å². The maximum absolute atomic E-state index is 10.9. The number of hydrogen-bond acceptors (Lipinski definition) is 3. The van der Waals surface area contributed by atoms with E-state index in [4.69, 9.17) is 9.84 Å². The highest BCUT2D eigenvalue weighted by Crippen LogP contribution is 2.26. The number of piperidine rings is 1. The van der Waals surface area contributed by atoms with Gasteiger partial charge >= 0.3 is 5.97 Å². The third-order valence-electron chi connectivity index (χ3n) is 4.26. The summed E-state index contributed by atoms with van der Waals surface area (Å²) in [6.45, 7) is 2.18. The van der Waals surface area contributed by atoms with Gasteiger partial charge in [-0.3, -0.25) is 4.79 Å². The molecule has 4 nitrogen and oxygen atoms in total. The second-order valence-electron chi connectivity index (χ2n) is 5.71. The maximum atomic E-state index is 10.9. The van der Waals surface area contributed by atoms with Crippen LogP contribution in [0.15, 0.2) is 0 Å². The summed E-state index contributed by atoms with van der Waals surface area (Å²) in [5, 5.41) is 12.1. The lowest BCUT2D eigenvalue weighted by molar-refractivity contribution is -0.144. The minimum Gasteiger partial charge on any atom is -0.481 e. The van der Waals surface area contributed by atoms with Gasteiger partial charge in [-0.2, -0.15) is 0 Å². The zero-order chi connectivity index (χ0) is 12.8. The van der Waals surface area contributed by atoms with E-state index in [0.29, 0.717) is 13.0 Å². The monoisotopic (exact) mass is 255 g/mol. The first-order chi connectivity index (χ1) is 8.75. The first kappa shape index (κ1) is 13.8. The van der Waals surface area contributed by atoms with E-state index in [9.17, 15) is 4.79 Å². The fourth-order valence-corrected chi connectivity index (χ4v) is 3.09. The van der Waals surface area contributed by atoms with E-state index in [0.717, 1.165) is 25.5 Å². The van der Waals surface area contributed by atoms with Crippen LogP contribution in [-0.4, -0.2) is 36.9 Å². The molecule has 1 saturated heterocycles. The molecule has 2 rings (SSSR count). The van der Waals surface area contributed by atoms with Crippen LogP contribution in [0.1, 0.15) is 44.9 Å². The van der Waals surface area contributed by atoms with Crippen molar-refractivity contribution >= 4 is 5.97 Å². The van der Waals surface area contributed by atoms with Crippen molar-refractivity contribution in [1.82, 2.24) is 5.32 Å². The Hall–Kier alpha value is -0.610. The van der Waals surface area contributed by atoms with E-state index in [1.165, 1.54) is 32.1 Å². The van der Waals surface area contributed by atoms with E-state index in [1.54, 1.807) is 0 Å². The molecule has 0 aromatic rings. The molecule has 1 saturated carbocycles. The number of ether oxygens (including phenoxy) is 1. The van der Waals surface area contributed by atoms with Crippen molar-refractivity contribution in [2.45, 2.75) is 51.0 Å². The van der Waals surface area contributed by atoms with Crippen molar-refractivity contribution in [2.24, 2.45) is 11.8 Å². The van der Waals surface area contributed by atoms with E-state index >= 15 is 0 Å². The number of carboxylic acids is 1. The van der Waals surface area contributed by atoms with Crippen LogP contribution in [0.2, 0.25) is 0 Å². The van der Waals surface area contributed by atoms with Crippen LogP contribution in [-0.2, 0) is 9.53 Å². The molecule has 4 heteroatoms. The highest BCUT2D eigenvalue weighted by molar-refractivity contribution is 5.70. The van der Waals surface area contributed by atoms with E-state index in [-0.39, 0.29) is 12.0 Å². The first-order valence-electron chi connectivity index (χ1n) is 7.31. The van der Waals surface area contributed by atoms with Crippen LogP contribution in [0.4, 0.5) is 0 Å². The molecule has 18 heavy (non-hydrogen) atoms. The predicted octanol–water partition coefficient (Wildman–Crippen LogP) is 2.04. The van der Waals surface area contributed by atoms with E-state index in [2.05, 4.69) is 5.32 Å².